The number of unbranched alkanes of at least 4 members (excludes halogenated alkanes) is 1. The van der Waals surface area contributed by atoms with Crippen LogP contribution in [0.1, 0.15) is 58.2 Å². The first-order valence-electron chi connectivity index (χ1n) is 10.1. The molecule has 0 saturated carbocycles. The van der Waals surface area contributed by atoms with Crippen LogP contribution in [0.15, 0.2) is 46.9 Å². The number of aryl methyl sites for hydroxylation is 1. The van der Waals surface area contributed by atoms with Crippen molar-refractivity contribution in [3.63, 3.8) is 0 Å². The molecular formula is C24H25BrO5. The highest BCUT2D eigenvalue weighted by Gasteiger charge is 2.23. The first-order valence-corrected chi connectivity index (χ1v) is 11.2. The molecule has 0 spiro atoms. The van der Waals surface area contributed by atoms with Crippen molar-refractivity contribution in [2.24, 2.45) is 0 Å². The van der Waals surface area contributed by atoms with Gasteiger partial charge in [-0.1, -0.05) is 29.3 Å². The van der Waals surface area contributed by atoms with E-state index in [4.69, 9.17) is 13.9 Å². The number of ether oxygens (including phenoxy) is 2. The average Bonchev–Trinajstić information content (AvgIpc) is 3.14. The van der Waals surface area contributed by atoms with Gasteiger partial charge in [0.05, 0.1) is 24.8 Å². The molecular weight excluding hydrogens is 448 g/mol. The topological polar surface area (TPSA) is 65.7 Å². The Hall–Kier alpha value is -2.60. The summed E-state index contributed by atoms with van der Waals surface area (Å²) in [5.41, 5.74) is 2.04. The Kier molecular flexibility index (Phi) is 7.69. The molecule has 0 saturated heterocycles. The Balaban J connectivity index is 1.98. The third kappa shape index (κ3) is 4.93. The lowest BCUT2D eigenvalue weighted by Gasteiger charge is -2.07. The summed E-state index contributed by atoms with van der Waals surface area (Å²) < 4.78 is 16.5. The first-order chi connectivity index (χ1) is 14.6. The summed E-state index contributed by atoms with van der Waals surface area (Å²) >= 11 is 3.38. The number of rotatable bonds is 10. The highest BCUT2D eigenvalue weighted by atomic mass is 79.9. The quantitative estimate of drug-likeness (QED) is 0.157. The first kappa shape index (κ1) is 22.1. The van der Waals surface area contributed by atoms with Gasteiger partial charge in [-0.3, -0.25) is 4.79 Å². The Morgan fingerprint density at radius 2 is 1.77 bits per heavy atom. The molecule has 158 valence electrons. The smallest absolute Gasteiger partial charge is 0.337 e. The zero-order valence-electron chi connectivity index (χ0n) is 17.2. The van der Waals surface area contributed by atoms with Crippen molar-refractivity contribution in [2.75, 3.05) is 19.0 Å². The van der Waals surface area contributed by atoms with Gasteiger partial charge >= 0.3 is 5.97 Å². The summed E-state index contributed by atoms with van der Waals surface area (Å²) in [6.45, 7) is 2.70. The molecule has 2 aromatic carbocycles. The fourth-order valence-electron chi connectivity index (χ4n) is 3.25. The summed E-state index contributed by atoms with van der Waals surface area (Å²) in [6, 6.07) is 12.2. The number of fused-ring (bicyclic) bond motifs is 1. The van der Waals surface area contributed by atoms with Crippen LogP contribution in [-0.2, 0) is 11.2 Å². The second-order valence-corrected chi connectivity index (χ2v) is 7.74. The van der Waals surface area contributed by atoms with Crippen LogP contribution in [0.3, 0.4) is 0 Å². The van der Waals surface area contributed by atoms with Gasteiger partial charge in [-0.2, -0.15) is 0 Å². The lowest BCUT2D eigenvalue weighted by molar-refractivity contribution is 0.0600. The van der Waals surface area contributed by atoms with Crippen LogP contribution in [0.5, 0.6) is 5.75 Å². The van der Waals surface area contributed by atoms with E-state index < -0.39 is 5.97 Å². The maximum atomic E-state index is 13.4. The predicted molar refractivity (Wildman–Crippen MR) is 120 cm³/mol. The minimum atomic E-state index is -0.448. The second-order valence-electron chi connectivity index (χ2n) is 6.95. The number of furan rings is 1. The Morgan fingerprint density at radius 1 is 1.03 bits per heavy atom. The number of hydrogen-bond donors (Lipinski definition) is 0. The summed E-state index contributed by atoms with van der Waals surface area (Å²) in [6.07, 6.45) is 3.46. The molecule has 0 N–H and O–H groups in total. The maximum absolute atomic E-state index is 13.4. The Labute approximate surface area is 184 Å². The Bertz CT molecular complexity index is 1020. The van der Waals surface area contributed by atoms with Gasteiger partial charge in [-0.15, -0.1) is 0 Å². The highest BCUT2D eigenvalue weighted by molar-refractivity contribution is 9.09. The van der Waals surface area contributed by atoms with Crippen LogP contribution in [0.25, 0.3) is 11.0 Å². The third-order valence-corrected chi connectivity index (χ3v) is 5.39. The normalized spacial score (nSPS) is 10.9. The number of hydrogen-bond acceptors (Lipinski definition) is 5. The van der Waals surface area contributed by atoms with E-state index in [2.05, 4.69) is 22.9 Å². The van der Waals surface area contributed by atoms with Crippen LogP contribution < -0.4 is 4.74 Å². The molecule has 0 fully saturated rings. The molecule has 0 atom stereocenters. The second kappa shape index (κ2) is 10.4. The summed E-state index contributed by atoms with van der Waals surface area (Å²) in [4.78, 5) is 25.4. The van der Waals surface area contributed by atoms with Crippen molar-refractivity contribution in [3.05, 3.63) is 64.9 Å². The van der Waals surface area contributed by atoms with Crippen molar-refractivity contribution in [2.45, 2.75) is 32.6 Å². The van der Waals surface area contributed by atoms with Crippen molar-refractivity contribution >= 4 is 38.7 Å². The summed E-state index contributed by atoms with van der Waals surface area (Å²) in [5.74, 6) is 0.797. The largest absolute Gasteiger partial charge is 0.494 e. The van der Waals surface area contributed by atoms with E-state index >= 15 is 0 Å². The number of ketones is 1. The molecule has 3 aromatic rings. The molecule has 0 aliphatic heterocycles. The van der Waals surface area contributed by atoms with Crippen LogP contribution >= 0.6 is 15.9 Å². The molecule has 0 aliphatic carbocycles. The lowest BCUT2D eigenvalue weighted by atomic mass is 9.97. The molecule has 0 amide bonds. The molecule has 1 aromatic heterocycles. The van der Waals surface area contributed by atoms with Gasteiger partial charge in [0, 0.05) is 22.7 Å². The van der Waals surface area contributed by atoms with Crippen molar-refractivity contribution < 1.29 is 23.5 Å². The van der Waals surface area contributed by atoms with Gasteiger partial charge in [-0.05, 0) is 55.3 Å². The molecule has 5 nitrogen and oxygen atoms in total. The molecule has 30 heavy (non-hydrogen) atoms. The summed E-state index contributed by atoms with van der Waals surface area (Å²) in [5, 5.41) is 1.51. The summed E-state index contributed by atoms with van der Waals surface area (Å²) in [7, 11) is 1.34. The molecule has 6 heteroatoms. The molecule has 0 bridgehead atoms. The van der Waals surface area contributed by atoms with E-state index in [0.29, 0.717) is 46.4 Å². The fourth-order valence-corrected chi connectivity index (χ4v) is 3.48. The van der Waals surface area contributed by atoms with Crippen LogP contribution in [0.2, 0.25) is 0 Å². The van der Waals surface area contributed by atoms with Crippen molar-refractivity contribution in [1.82, 2.24) is 0 Å². The van der Waals surface area contributed by atoms with Crippen LogP contribution in [-0.4, -0.2) is 30.8 Å². The van der Waals surface area contributed by atoms with Crippen molar-refractivity contribution in [3.8, 4) is 5.75 Å². The van der Waals surface area contributed by atoms with E-state index in [-0.39, 0.29) is 5.78 Å². The van der Waals surface area contributed by atoms with E-state index in [1.807, 2.05) is 0 Å². The lowest BCUT2D eigenvalue weighted by Crippen LogP contribution is -2.05. The minimum Gasteiger partial charge on any atom is -0.494 e. The van der Waals surface area contributed by atoms with Gasteiger partial charge in [0.15, 0.2) is 5.78 Å². The molecule has 0 radical (unpaired) electrons. The maximum Gasteiger partial charge on any atom is 0.337 e. The van der Waals surface area contributed by atoms with Crippen molar-refractivity contribution in [1.29, 1.82) is 0 Å². The number of alkyl halides is 1. The Morgan fingerprint density at radius 3 is 2.43 bits per heavy atom. The number of esters is 1. The van der Waals surface area contributed by atoms with Gasteiger partial charge in [-0.25, -0.2) is 4.79 Å². The number of halogens is 1. The fraction of sp³-hybridized carbons (Fsp3) is 0.333. The number of carbonyl (C=O) groups excluding carboxylic acids is 2. The van der Waals surface area contributed by atoms with Gasteiger partial charge < -0.3 is 13.9 Å². The number of benzene rings is 2. The highest BCUT2D eigenvalue weighted by Crippen LogP contribution is 2.31. The third-order valence-electron chi connectivity index (χ3n) is 4.83. The predicted octanol–water partition coefficient (Wildman–Crippen LogP) is 5.96. The number of carbonyl (C=O) groups is 2. The van der Waals surface area contributed by atoms with Crippen LogP contribution in [0.4, 0.5) is 0 Å². The van der Waals surface area contributed by atoms with E-state index in [9.17, 15) is 9.59 Å². The SMILES string of the molecule is CCCCc1oc2ccc(C(=O)OC)cc2c1C(=O)c1ccc(OCCCBr)cc1. The molecule has 0 unspecified atom stereocenters. The monoisotopic (exact) mass is 472 g/mol. The zero-order chi connectivity index (χ0) is 21.5. The van der Waals surface area contributed by atoms with E-state index in [0.717, 1.165) is 30.3 Å². The number of methoxy groups -OCH3 is 1. The van der Waals surface area contributed by atoms with Gasteiger partial charge in [0.2, 0.25) is 0 Å². The molecule has 3 rings (SSSR count). The minimum absolute atomic E-state index is 0.131. The van der Waals surface area contributed by atoms with E-state index in [1.54, 1.807) is 42.5 Å². The van der Waals surface area contributed by atoms with E-state index in [1.165, 1.54) is 7.11 Å². The van der Waals surface area contributed by atoms with Crippen LogP contribution in [0, 0.1) is 0 Å². The van der Waals surface area contributed by atoms with Gasteiger partial charge in [0.1, 0.15) is 17.1 Å². The molecule has 1 heterocycles. The van der Waals surface area contributed by atoms with Gasteiger partial charge in [0.25, 0.3) is 0 Å². The standard InChI is InChI=1S/C24H25BrO5/c1-3-4-6-21-22(19-15-17(24(27)28-2)9-12-20(19)30-21)23(26)16-7-10-18(11-8-16)29-14-5-13-25/h7-12,15H,3-6,13-14H2,1-2H3. The average molecular weight is 473 g/mol. The molecule has 0 aliphatic rings. The zero-order valence-corrected chi connectivity index (χ0v) is 18.8.